The third-order valence-corrected chi connectivity index (χ3v) is 8.08. The summed E-state index contributed by atoms with van der Waals surface area (Å²) >= 11 is 0. The van der Waals surface area contributed by atoms with Crippen molar-refractivity contribution < 1.29 is 9.59 Å². The second-order valence-corrected chi connectivity index (χ2v) is 10.7. The van der Waals surface area contributed by atoms with Crippen LogP contribution < -0.4 is 11.1 Å². The number of carbonyl (C=O) groups is 2. The molecule has 1 saturated carbocycles. The van der Waals surface area contributed by atoms with Crippen LogP contribution in [0.5, 0.6) is 0 Å². The summed E-state index contributed by atoms with van der Waals surface area (Å²) in [5.74, 6) is -0.0247. The van der Waals surface area contributed by atoms with Crippen LogP contribution in [0.15, 0.2) is 54.6 Å². The van der Waals surface area contributed by atoms with E-state index in [1.807, 2.05) is 0 Å². The zero-order valence-corrected chi connectivity index (χ0v) is 21.9. The first-order valence-electron chi connectivity index (χ1n) is 13.6. The molecule has 36 heavy (non-hydrogen) atoms. The van der Waals surface area contributed by atoms with E-state index in [0.717, 1.165) is 51.6 Å². The molecule has 2 aromatic rings. The van der Waals surface area contributed by atoms with E-state index in [4.69, 9.17) is 5.73 Å². The first-order valence-corrected chi connectivity index (χ1v) is 13.6. The lowest BCUT2D eigenvalue weighted by Crippen LogP contribution is -2.58. The minimum absolute atomic E-state index is 0.00530. The fourth-order valence-corrected chi connectivity index (χ4v) is 5.78. The van der Waals surface area contributed by atoms with Crippen LogP contribution in [0.4, 0.5) is 0 Å². The molecule has 1 heterocycles. The molecule has 0 radical (unpaired) electrons. The number of likely N-dealkylation sites (tertiary alicyclic amines) is 1. The molecule has 3 N–H and O–H groups in total. The van der Waals surface area contributed by atoms with Crippen LogP contribution in [0, 0.1) is 6.92 Å². The Morgan fingerprint density at radius 1 is 1.00 bits per heavy atom. The Labute approximate surface area is 216 Å². The molecule has 1 aliphatic heterocycles. The summed E-state index contributed by atoms with van der Waals surface area (Å²) in [6.45, 7) is 6.12. The van der Waals surface area contributed by atoms with E-state index in [1.54, 1.807) is 11.8 Å². The van der Waals surface area contributed by atoms with Crippen molar-refractivity contribution in [3.63, 3.8) is 0 Å². The molecule has 2 amide bonds. The first kappa shape index (κ1) is 26.4. The molecule has 2 fully saturated rings. The highest BCUT2D eigenvalue weighted by Crippen LogP contribution is 2.26. The number of nitrogens with zero attached hydrogens (tertiary/aromatic N) is 2. The van der Waals surface area contributed by atoms with Gasteiger partial charge in [0.15, 0.2) is 0 Å². The second kappa shape index (κ2) is 12.5. The van der Waals surface area contributed by atoms with E-state index in [0.29, 0.717) is 13.0 Å². The van der Waals surface area contributed by atoms with Crippen molar-refractivity contribution in [3.8, 4) is 0 Å². The molecule has 0 aromatic heterocycles. The minimum atomic E-state index is -0.423. The number of nitrogens with two attached hydrogens (primary N) is 1. The molecule has 194 valence electrons. The molecule has 0 bridgehead atoms. The summed E-state index contributed by atoms with van der Waals surface area (Å²) in [6.07, 6.45) is 6.22. The van der Waals surface area contributed by atoms with Gasteiger partial charge in [-0.05, 0) is 68.6 Å². The third kappa shape index (κ3) is 6.95. The Balaban J connectivity index is 1.49. The van der Waals surface area contributed by atoms with Crippen LogP contribution in [0.2, 0.25) is 0 Å². The van der Waals surface area contributed by atoms with Gasteiger partial charge in [-0.3, -0.25) is 14.5 Å². The minimum Gasteiger partial charge on any atom is -0.352 e. The van der Waals surface area contributed by atoms with Crippen molar-refractivity contribution in [3.05, 3.63) is 71.3 Å². The zero-order valence-electron chi connectivity index (χ0n) is 21.9. The highest BCUT2D eigenvalue weighted by atomic mass is 16.2. The van der Waals surface area contributed by atoms with Gasteiger partial charge < -0.3 is 16.0 Å². The number of nitrogens with one attached hydrogen (secondary N) is 1. The fraction of sp³-hybridized carbons (Fsp3) is 0.533. The average Bonchev–Trinajstić information content (AvgIpc) is 2.89. The van der Waals surface area contributed by atoms with Gasteiger partial charge in [-0.25, -0.2) is 0 Å². The Kier molecular flexibility index (Phi) is 9.16. The van der Waals surface area contributed by atoms with Crippen LogP contribution in [-0.4, -0.2) is 58.9 Å². The number of hydrogen-bond donors (Lipinski definition) is 2. The van der Waals surface area contributed by atoms with Crippen molar-refractivity contribution in [2.45, 2.75) is 89.5 Å². The highest BCUT2D eigenvalue weighted by Gasteiger charge is 2.38. The van der Waals surface area contributed by atoms with Gasteiger partial charge in [0, 0.05) is 44.7 Å². The van der Waals surface area contributed by atoms with Crippen LogP contribution in [0.25, 0.3) is 0 Å². The van der Waals surface area contributed by atoms with Crippen molar-refractivity contribution in [2.24, 2.45) is 5.73 Å². The number of piperidine rings is 1. The Hall–Kier alpha value is -2.70. The summed E-state index contributed by atoms with van der Waals surface area (Å²) in [5, 5.41) is 3.26. The van der Waals surface area contributed by atoms with Crippen LogP contribution in [0.3, 0.4) is 0 Å². The van der Waals surface area contributed by atoms with Gasteiger partial charge >= 0.3 is 0 Å². The standard InChI is InChI=1S/C30H42N4O2/c1-22-8-6-7-11-25(22)21-33(18-16-24-9-4-3-5-10-24)28-17-19-34(23(2)35)29(20-28)30(36)32-27-14-12-26(31)13-15-27/h3-11,26-29H,12-21,31H2,1-2H3,(H,32,36)/t26?,27?,28?,29-/m1/s1. The molecule has 2 aliphatic rings. The first-order chi connectivity index (χ1) is 17.4. The Bertz CT molecular complexity index is 1000. The van der Waals surface area contributed by atoms with E-state index >= 15 is 0 Å². The number of benzene rings is 2. The van der Waals surface area contributed by atoms with Gasteiger partial charge in [0.1, 0.15) is 6.04 Å². The molecular weight excluding hydrogens is 448 g/mol. The zero-order chi connectivity index (χ0) is 25.5. The lowest BCUT2D eigenvalue weighted by Gasteiger charge is -2.43. The highest BCUT2D eigenvalue weighted by molar-refractivity contribution is 5.87. The van der Waals surface area contributed by atoms with Gasteiger partial charge in [-0.1, -0.05) is 54.6 Å². The maximum atomic E-state index is 13.5. The van der Waals surface area contributed by atoms with Crippen LogP contribution in [0.1, 0.15) is 62.1 Å². The molecular formula is C30H42N4O2. The van der Waals surface area contributed by atoms with E-state index in [9.17, 15) is 9.59 Å². The van der Waals surface area contributed by atoms with Crippen molar-refractivity contribution >= 4 is 11.8 Å². The number of hydrogen-bond acceptors (Lipinski definition) is 4. The van der Waals surface area contributed by atoms with Crippen LogP contribution >= 0.6 is 0 Å². The molecule has 6 nitrogen and oxygen atoms in total. The smallest absolute Gasteiger partial charge is 0.243 e. The molecule has 0 spiro atoms. The number of carbonyl (C=O) groups excluding carboxylic acids is 2. The van der Waals surface area contributed by atoms with E-state index < -0.39 is 6.04 Å². The topological polar surface area (TPSA) is 78.7 Å². The van der Waals surface area contributed by atoms with Crippen molar-refractivity contribution in [2.75, 3.05) is 13.1 Å². The molecule has 2 aromatic carbocycles. The predicted octanol–water partition coefficient (Wildman–Crippen LogP) is 3.81. The predicted molar refractivity (Wildman–Crippen MR) is 144 cm³/mol. The Morgan fingerprint density at radius 2 is 1.69 bits per heavy atom. The van der Waals surface area contributed by atoms with Gasteiger partial charge in [0.05, 0.1) is 0 Å². The Morgan fingerprint density at radius 3 is 2.39 bits per heavy atom. The van der Waals surface area contributed by atoms with Gasteiger partial charge in [-0.15, -0.1) is 0 Å². The van der Waals surface area contributed by atoms with E-state index in [1.165, 1.54) is 16.7 Å². The molecule has 6 heteroatoms. The number of aryl methyl sites for hydroxylation is 1. The summed E-state index contributed by atoms with van der Waals surface area (Å²) in [4.78, 5) is 30.3. The monoisotopic (exact) mass is 490 g/mol. The molecule has 1 saturated heterocycles. The van der Waals surface area contributed by atoms with E-state index in [-0.39, 0.29) is 29.9 Å². The summed E-state index contributed by atoms with van der Waals surface area (Å²) in [7, 11) is 0. The van der Waals surface area contributed by atoms with E-state index in [2.05, 4.69) is 71.7 Å². The second-order valence-electron chi connectivity index (χ2n) is 10.7. The molecule has 4 rings (SSSR count). The summed E-state index contributed by atoms with van der Waals surface area (Å²) in [5.41, 5.74) is 9.98. The average molecular weight is 491 g/mol. The molecule has 1 aliphatic carbocycles. The quantitative estimate of drug-likeness (QED) is 0.590. The largest absolute Gasteiger partial charge is 0.352 e. The number of rotatable bonds is 8. The summed E-state index contributed by atoms with van der Waals surface area (Å²) < 4.78 is 0. The lowest BCUT2D eigenvalue weighted by molar-refractivity contribution is -0.142. The van der Waals surface area contributed by atoms with Gasteiger partial charge in [-0.2, -0.15) is 0 Å². The van der Waals surface area contributed by atoms with Crippen LogP contribution in [-0.2, 0) is 22.6 Å². The van der Waals surface area contributed by atoms with Crippen molar-refractivity contribution in [1.29, 1.82) is 0 Å². The lowest BCUT2D eigenvalue weighted by atomic mass is 9.90. The van der Waals surface area contributed by atoms with Gasteiger partial charge in [0.25, 0.3) is 0 Å². The molecule has 2 atom stereocenters. The maximum absolute atomic E-state index is 13.5. The normalized spacial score (nSPS) is 24.5. The number of amides is 2. The van der Waals surface area contributed by atoms with Gasteiger partial charge in [0.2, 0.25) is 11.8 Å². The fourth-order valence-electron chi connectivity index (χ4n) is 5.78. The van der Waals surface area contributed by atoms with Crippen molar-refractivity contribution in [1.82, 2.24) is 15.1 Å². The molecule has 1 unspecified atom stereocenters. The maximum Gasteiger partial charge on any atom is 0.243 e. The summed E-state index contributed by atoms with van der Waals surface area (Å²) in [6, 6.07) is 19.3. The SMILES string of the molecule is CC(=O)N1CCC(N(CCc2ccccc2)Cc2ccccc2C)C[C@@H]1C(=O)NC1CCC(N)CC1. The third-order valence-electron chi connectivity index (χ3n) is 8.08.